The molecular formula is C11H17N3O2S. The van der Waals surface area contributed by atoms with Crippen LogP contribution in [-0.4, -0.2) is 28.2 Å². The summed E-state index contributed by atoms with van der Waals surface area (Å²) in [5.74, 6) is -0.537. The number of anilines is 2. The first kappa shape index (κ1) is 13.5. The van der Waals surface area contributed by atoms with Crippen LogP contribution >= 0.6 is 0 Å². The predicted octanol–water partition coefficient (Wildman–Crippen LogP) is 0.547. The second kappa shape index (κ2) is 5.67. The summed E-state index contributed by atoms with van der Waals surface area (Å²) in [5, 5.41) is 3.05. The number of benzene rings is 1. The Morgan fingerprint density at radius 3 is 2.71 bits per heavy atom. The van der Waals surface area contributed by atoms with Gasteiger partial charge in [0.25, 0.3) is 5.91 Å². The van der Waals surface area contributed by atoms with Crippen LogP contribution in [0.1, 0.15) is 17.3 Å². The van der Waals surface area contributed by atoms with Crippen LogP contribution in [0.15, 0.2) is 18.2 Å². The number of rotatable bonds is 5. The van der Waals surface area contributed by atoms with Crippen LogP contribution in [0, 0.1) is 0 Å². The molecule has 94 valence electrons. The van der Waals surface area contributed by atoms with Gasteiger partial charge in [-0.15, -0.1) is 0 Å². The lowest BCUT2D eigenvalue weighted by atomic mass is 10.1. The molecular weight excluding hydrogens is 238 g/mol. The Bertz CT molecular complexity index is 448. The number of amides is 1. The summed E-state index contributed by atoms with van der Waals surface area (Å²) in [5.41, 5.74) is 12.3. The Hall–Kier alpha value is -1.56. The van der Waals surface area contributed by atoms with E-state index in [0.29, 0.717) is 23.5 Å². The fourth-order valence-corrected chi connectivity index (χ4v) is 1.61. The molecule has 6 heteroatoms. The monoisotopic (exact) mass is 255 g/mol. The van der Waals surface area contributed by atoms with Crippen molar-refractivity contribution in [3.05, 3.63) is 23.8 Å². The number of carbonyl (C=O) groups is 1. The van der Waals surface area contributed by atoms with E-state index in [1.165, 1.54) is 6.07 Å². The first-order chi connectivity index (χ1) is 7.91. The maximum absolute atomic E-state index is 11.2. The zero-order valence-electron chi connectivity index (χ0n) is 9.90. The average Bonchev–Trinajstić information content (AvgIpc) is 2.26. The van der Waals surface area contributed by atoms with Gasteiger partial charge in [0.1, 0.15) is 0 Å². The molecule has 0 bridgehead atoms. The van der Waals surface area contributed by atoms with Gasteiger partial charge in [-0.05, 0) is 25.1 Å². The van der Waals surface area contributed by atoms with E-state index in [9.17, 15) is 9.00 Å². The number of primary amides is 1. The minimum Gasteiger partial charge on any atom is -0.399 e. The summed E-state index contributed by atoms with van der Waals surface area (Å²) in [6.07, 6.45) is 1.64. The first-order valence-electron chi connectivity index (χ1n) is 5.17. The van der Waals surface area contributed by atoms with Crippen molar-refractivity contribution in [1.82, 2.24) is 0 Å². The maximum atomic E-state index is 11.2. The minimum absolute atomic E-state index is 0.00622. The van der Waals surface area contributed by atoms with Gasteiger partial charge in [-0.2, -0.15) is 0 Å². The molecule has 0 saturated carbocycles. The lowest BCUT2D eigenvalue weighted by Crippen LogP contribution is -2.22. The van der Waals surface area contributed by atoms with Gasteiger partial charge in [-0.3, -0.25) is 9.00 Å². The number of hydrogen-bond donors (Lipinski definition) is 3. The van der Waals surface area contributed by atoms with Crippen molar-refractivity contribution >= 4 is 28.1 Å². The molecule has 0 heterocycles. The molecule has 0 saturated heterocycles. The standard InChI is InChI=1S/C11H17N3O2S/c1-7(17(2)16)6-14-10-4-3-8(12)5-9(10)11(13)15/h3-5,7,14H,6,12H2,1-2H3,(H2,13,15). The van der Waals surface area contributed by atoms with Gasteiger partial charge in [-0.25, -0.2) is 0 Å². The van der Waals surface area contributed by atoms with Crippen molar-refractivity contribution in [1.29, 1.82) is 0 Å². The van der Waals surface area contributed by atoms with Gasteiger partial charge in [-0.1, -0.05) is 0 Å². The third-order valence-corrected chi connectivity index (χ3v) is 3.76. The molecule has 1 aromatic rings. The van der Waals surface area contributed by atoms with Gasteiger partial charge in [0.05, 0.1) is 5.56 Å². The summed E-state index contributed by atoms with van der Waals surface area (Å²) in [4.78, 5) is 11.2. The SMILES string of the molecule is CC(CNc1ccc(N)cc1C(N)=O)S(C)=O. The van der Waals surface area contributed by atoms with Crippen molar-refractivity contribution in [2.45, 2.75) is 12.2 Å². The molecule has 1 aromatic carbocycles. The van der Waals surface area contributed by atoms with Crippen molar-refractivity contribution in [3.8, 4) is 0 Å². The number of nitrogens with one attached hydrogen (secondary N) is 1. The fraction of sp³-hybridized carbons (Fsp3) is 0.364. The highest BCUT2D eigenvalue weighted by Gasteiger charge is 2.11. The molecule has 2 atom stereocenters. The largest absolute Gasteiger partial charge is 0.399 e. The van der Waals surface area contributed by atoms with E-state index in [0.717, 1.165) is 0 Å². The van der Waals surface area contributed by atoms with Crippen molar-refractivity contribution in [3.63, 3.8) is 0 Å². The van der Waals surface area contributed by atoms with Gasteiger partial charge in [0.2, 0.25) is 0 Å². The second-order valence-electron chi connectivity index (χ2n) is 3.86. The van der Waals surface area contributed by atoms with E-state index < -0.39 is 16.7 Å². The Kier molecular flexibility index (Phi) is 4.51. The van der Waals surface area contributed by atoms with Crippen LogP contribution in [0.5, 0.6) is 0 Å². The van der Waals surface area contributed by atoms with Crippen LogP contribution in [-0.2, 0) is 10.8 Å². The molecule has 1 rings (SSSR count). The fourth-order valence-electron chi connectivity index (χ4n) is 1.29. The van der Waals surface area contributed by atoms with E-state index >= 15 is 0 Å². The van der Waals surface area contributed by atoms with Crippen LogP contribution < -0.4 is 16.8 Å². The summed E-state index contributed by atoms with van der Waals surface area (Å²) in [6, 6.07) is 4.90. The van der Waals surface area contributed by atoms with E-state index in [-0.39, 0.29) is 5.25 Å². The average molecular weight is 255 g/mol. The lowest BCUT2D eigenvalue weighted by Gasteiger charge is -2.13. The molecule has 17 heavy (non-hydrogen) atoms. The molecule has 2 unspecified atom stereocenters. The third-order valence-electron chi connectivity index (χ3n) is 2.46. The van der Waals surface area contributed by atoms with E-state index in [4.69, 9.17) is 11.5 Å². The summed E-state index contributed by atoms with van der Waals surface area (Å²) >= 11 is 0. The van der Waals surface area contributed by atoms with Crippen LogP contribution in [0.2, 0.25) is 0 Å². The van der Waals surface area contributed by atoms with Crippen molar-refractivity contribution in [2.75, 3.05) is 23.9 Å². The van der Waals surface area contributed by atoms with Crippen LogP contribution in [0.3, 0.4) is 0 Å². The van der Waals surface area contributed by atoms with E-state index in [2.05, 4.69) is 5.32 Å². The molecule has 0 aliphatic rings. The second-order valence-corrected chi connectivity index (χ2v) is 5.66. The predicted molar refractivity (Wildman–Crippen MR) is 71.4 cm³/mol. The van der Waals surface area contributed by atoms with Crippen LogP contribution in [0.25, 0.3) is 0 Å². The normalized spacial score (nSPS) is 14.0. The van der Waals surface area contributed by atoms with Crippen LogP contribution in [0.4, 0.5) is 11.4 Å². The minimum atomic E-state index is -0.909. The quantitative estimate of drug-likeness (QED) is 0.669. The van der Waals surface area contributed by atoms with Gasteiger partial charge in [0.15, 0.2) is 0 Å². The molecule has 0 radical (unpaired) electrons. The molecule has 5 nitrogen and oxygen atoms in total. The summed E-state index contributed by atoms with van der Waals surface area (Å²) in [7, 11) is -0.909. The molecule has 0 spiro atoms. The molecule has 0 aromatic heterocycles. The number of nitrogen functional groups attached to an aromatic ring is 1. The number of carbonyl (C=O) groups excluding carboxylic acids is 1. The summed E-state index contributed by atoms with van der Waals surface area (Å²) in [6.45, 7) is 2.37. The lowest BCUT2D eigenvalue weighted by molar-refractivity contribution is 0.100. The molecule has 0 fully saturated rings. The van der Waals surface area contributed by atoms with Crippen molar-refractivity contribution < 1.29 is 9.00 Å². The van der Waals surface area contributed by atoms with Gasteiger partial charge >= 0.3 is 0 Å². The molecule has 5 N–H and O–H groups in total. The van der Waals surface area contributed by atoms with Gasteiger partial charge in [0, 0.05) is 40.2 Å². The van der Waals surface area contributed by atoms with Crippen molar-refractivity contribution in [2.24, 2.45) is 5.73 Å². The highest BCUT2D eigenvalue weighted by atomic mass is 32.2. The maximum Gasteiger partial charge on any atom is 0.250 e. The third kappa shape index (κ3) is 3.74. The smallest absolute Gasteiger partial charge is 0.250 e. The van der Waals surface area contributed by atoms with E-state index in [1.54, 1.807) is 18.4 Å². The number of nitrogens with two attached hydrogens (primary N) is 2. The Balaban J connectivity index is 2.84. The molecule has 0 aliphatic heterocycles. The topological polar surface area (TPSA) is 98.2 Å². The van der Waals surface area contributed by atoms with Gasteiger partial charge < -0.3 is 16.8 Å². The number of hydrogen-bond acceptors (Lipinski definition) is 4. The highest BCUT2D eigenvalue weighted by Crippen LogP contribution is 2.18. The first-order valence-corrected chi connectivity index (χ1v) is 6.79. The zero-order valence-corrected chi connectivity index (χ0v) is 10.7. The zero-order chi connectivity index (χ0) is 13.0. The molecule has 1 amide bonds. The highest BCUT2D eigenvalue weighted by molar-refractivity contribution is 7.84. The summed E-state index contributed by atoms with van der Waals surface area (Å²) < 4.78 is 11.2. The Labute approximate surface area is 103 Å². The Morgan fingerprint density at radius 2 is 2.18 bits per heavy atom. The molecule has 0 aliphatic carbocycles. The van der Waals surface area contributed by atoms with E-state index in [1.807, 2.05) is 6.92 Å². The Morgan fingerprint density at radius 1 is 1.53 bits per heavy atom.